The number of carbonyl (C=O) groups is 2. The summed E-state index contributed by atoms with van der Waals surface area (Å²) >= 11 is 23.7. The van der Waals surface area contributed by atoms with Gasteiger partial charge in [-0.1, -0.05) is 64.1 Å². The standard InChI is InChI=1S/C18H15Cl4NO5S/c1-10-2-4-11(5-3-10)29(26,27)7-6-15(25)28-9-14(24)23-18-16(21)12(19)8-13(20)17(18)22/h2-5,8H,6-7,9H2,1H3,(H,23,24). The Bertz CT molecular complexity index is 1010. The lowest BCUT2D eigenvalue weighted by atomic mass is 10.2. The van der Waals surface area contributed by atoms with Gasteiger partial charge in [0, 0.05) is 0 Å². The quantitative estimate of drug-likeness (QED) is 0.430. The van der Waals surface area contributed by atoms with Gasteiger partial charge in [-0.25, -0.2) is 8.42 Å². The molecule has 0 spiro atoms. The lowest BCUT2D eigenvalue weighted by molar-refractivity contribution is -0.146. The Morgan fingerprint density at radius 1 is 1.00 bits per heavy atom. The number of halogens is 4. The van der Waals surface area contributed by atoms with E-state index in [9.17, 15) is 18.0 Å². The lowest BCUT2D eigenvalue weighted by Gasteiger charge is -2.12. The maximum atomic E-state index is 12.2. The van der Waals surface area contributed by atoms with Crippen molar-refractivity contribution in [3.8, 4) is 0 Å². The van der Waals surface area contributed by atoms with Crippen molar-refractivity contribution in [2.24, 2.45) is 0 Å². The summed E-state index contributed by atoms with van der Waals surface area (Å²) in [6.45, 7) is 1.16. The zero-order valence-corrected chi connectivity index (χ0v) is 18.8. The van der Waals surface area contributed by atoms with Crippen LogP contribution in [0.5, 0.6) is 0 Å². The maximum absolute atomic E-state index is 12.2. The predicted molar refractivity (Wildman–Crippen MR) is 114 cm³/mol. The summed E-state index contributed by atoms with van der Waals surface area (Å²) < 4.78 is 29.2. The van der Waals surface area contributed by atoms with Crippen LogP contribution < -0.4 is 5.32 Å². The van der Waals surface area contributed by atoms with E-state index in [1.54, 1.807) is 12.1 Å². The number of anilines is 1. The van der Waals surface area contributed by atoms with E-state index in [0.29, 0.717) is 0 Å². The monoisotopic (exact) mass is 497 g/mol. The fourth-order valence-corrected chi connectivity index (χ4v) is 4.28. The Morgan fingerprint density at radius 3 is 2.10 bits per heavy atom. The highest BCUT2D eigenvalue weighted by Crippen LogP contribution is 2.40. The SMILES string of the molecule is Cc1ccc(S(=O)(=O)CCC(=O)OCC(=O)Nc2c(Cl)c(Cl)cc(Cl)c2Cl)cc1. The largest absolute Gasteiger partial charge is 0.456 e. The number of aryl methyl sites for hydroxylation is 1. The number of benzene rings is 2. The van der Waals surface area contributed by atoms with E-state index in [2.05, 4.69) is 5.32 Å². The average Bonchev–Trinajstić information content (AvgIpc) is 2.67. The zero-order valence-electron chi connectivity index (χ0n) is 15.0. The highest BCUT2D eigenvalue weighted by Gasteiger charge is 2.19. The zero-order chi connectivity index (χ0) is 21.8. The second-order valence-electron chi connectivity index (χ2n) is 5.93. The topological polar surface area (TPSA) is 89.5 Å². The van der Waals surface area contributed by atoms with Gasteiger partial charge in [0.2, 0.25) is 0 Å². The first-order valence-corrected chi connectivity index (χ1v) is 11.3. The lowest BCUT2D eigenvalue weighted by Crippen LogP contribution is -2.22. The first-order chi connectivity index (χ1) is 13.5. The van der Waals surface area contributed by atoms with Crippen LogP contribution in [0.3, 0.4) is 0 Å². The van der Waals surface area contributed by atoms with E-state index < -0.39 is 40.5 Å². The Kier molecular flexibility index (Phi) is 8.19. The molecule has 1 N–H and O–H groups in total. The molecule has 0 aliphatic heterocycles. The minimum Gasteiger partial charge on any atom is -0.456 e. The Morgan fingerprint density at radius 2 is 1.55 bits per heavy atom. The van der Waals surface area contributed by atoms with Crippen LogP contribution >= 0.6 is 46.4 Å². The number of carbonyl (C=O) groups excluding carboxylic acids is 2. The molecule has 2 aromatic rings. The number of sulfone groups is 1. The van der Waals surface area contributed by atoms with Gasteiger partial charge in [-0.15, -0.1) is 0 Å². The minimum atomic E-state index is -3.65. The predicted octanol–water partition coefficient (Wildman–Crippen LogP) is 4.95. The molecule has 156 valence electrons. The van der Waals surface area contributed by atoms with Gasteiger partial charge >= 0.3 is 5.97 Å². The minimum absolute atomic E-state index is 0.0196. The van der Waals surface area contributed by atoms with Gasteiger partial charge in [0.05, 0.1) is 42.8 Å². The van der Waals surface area contributed by atoms with Gasteiger partial charge in [-0.3, -0.25) is 9.59 Å². The van der Waals surface area contributed by atoms with Crippen molar-refractivity contribution in [3.63, 3.8) is 0 Å². The molecule has 1 amide bonds. The van der Waals surface area contributed by atoms with Crippen molar-refractivity contribution in [3.05, 3.63) is 56.0 Å². The van der Waals surface area contributed by atoms with E-state index in [4.69, 9.17) is 51.1 Å². The maximum Gasteiger partial charge on any atom is 0.307 e. The van der Waals surface area contributed by atoms with Crippen LogP contribution in [0.15, 0.2) is 35.2 Å². The molecule has 0 bridgehead atoms. The Labute approximate surface area is 188 Å². The highest BCUT2D eigenvalue weighted by molar-refractivity contribution is 7.91. The Hall–Kier alpha value is -1.51. The van der Waals surface area contributed by atoms with Gasteiger partial charge in [0.15, 0.2) is 16.4 Å². The molecule has 0 aliphatic carbocycles. The highest BCUT2D eigenvalue weighted by atomic mass is 35.5. The Balaban J connectivity index is 1.90. The van der Waals surface area contributed by atoms with Gasteiger partial charge in [0.1, 0.15) is 0 Å². The molecule has 2 aromatic carbocycles. The molecule has 0 saturated heterocycles. The number of ether oxygens (including phenoxy) is 1. The summed E-state index contributed by atoms with van der Waals surface area (Å²) in [7, 11) is -3.65. The van der Waals surface area contributed by atoms with Crippen LogP contribution in [0.4, 0.5) is 5.69 Å². The third-order valence-corrected chi connectivity index (χ3v) is 7.00. The first kappa shape index (κ1) is 23.8. The summed E-state index contributed by atoms with van der Waals surface area (Å²) in [5.41, 5.74) is 0.893. The second-order valence-corrected chi connectivity index (χ2v) is 9.61. The van der Waals surface area contributed by atoms with Crippen LogP contribution in [-0.2, 0) is 24.2 Å². The third kappa shape index (κ3) is 6.49. The normalized spacial score (nSPS) is 11.2. The first-order valence-electron chi connectivity index (χ1n) is 8.09. The van der Waals surface area contributed by atoms with Crippen molar-refractivity contribution >= 4 is 73.8 Å². The van der Waals surface area contributed by atoms with Crippen molar-refractivity contribution in [1.82, 2.24) is 0 Å². The summed E-state index contributed by atoms with van der Waals surface area (Å²) in [5, 5.41) is 2.46. The number of rotatable bonds is 7. The summed E-state index contributed by atoms with van der Waals surface area (Å²) in [6, 6.07) is 7.57. The number of esters is 1. The van der Waals surface area contributed by atoms with E-state index in [1.807, 2.05) is 6.92 Å². The van der Waals surface area contributed by atoms with Crippen molar-refractivity contribution in [2.45, 2.75) is 18.2 Å². The average molecular weight is 499 g/mol. The second kappa shape index (κ2) is 10.00. The van der Waals surface area contributed by atoms with Gasteiger partial charge < -0.3 is 10.1 Å². The molecule has 29 heavy (non-hydrogen) atoms. The van der Waals surface area contributed by atoms with Gasteiger partial charge in [-0.2, -0.15) is 0 Å². The number of hydrogen-bond acceptors (Lipinski definition) is 5. The van der Waals surface area contributed by atoms with Crippen LogP contribution in [0.2, 0.25) is 20.1 Å². The van der Waals surface area contributed by atoms with Crippen molar-refractivity contribution < 1.29 is 22.7 Å². The van der Waals surface area contributed by atoms with Crippen LogP contribution in [-0.4, -0.2) is 32.7 Å². The third-order valence-electron chi connectivity index (χ3n) is 3.70. The smallest absolute Gasteiger partial charge is 0.307 e. The van der Waals surface area contributed by atoms with E-state index in [0.717, 1.165) is 5.56 Å². The number of nitrogens with one attached hydrogen (secondary N) is 1. The molecule has 0 heterocycles. The van der Waals surface area contributed by atoms with Gasteiger partial charge in [0.25, 0.3) is 5.91 Å². The number of amides is 1. The molecule has 6 nitrogen and oxygen atoms in total. The molecule has 0 aliphatic rings. The molecule has 11 heteroatoms. The molecular formula is C18H15Cl4NO5S. The molecule has 0 radical (unpaired) electrons. The van der Waals surface area contributed by atoms with E-state index in [-0.39, 0.29) is 30.7 Å². The van der Waals surface area contributed by atoms with Crippen molar-refractivity contribution in [2.75, 3.05) is 17.7 Å². The van der Waals surface area contributed by atoms with Gasteiger partial charge in [-0.05, 0) is 25.1 Å². The molecule has 0 aromatic heterocycles. The molecule has 0 saturated carbocycles. The van der Waals surface area contributed by atoms with Crippen LogP contribution in [0.1, 0.15) is 12.0 Å². The fraction of sp³-hybridized carbons (Fsp3) is 0.222. The van der Waals surface area contributed by atoms with Crippen LogP contribution in [0.25, 0.3) is 0 Å². The molecule has 0 unspecified atom stereocenters. The van der Waals surface area contributed by atoms with E-state index >= 15 is 0 Å². The fourth-order valence-electron chi connectivity index (χ4n) is 2.16. The molecule has 0 atom stereocenters. The molecule has 2 rings (SSSR count). The molecular weight excluding hydrogens is 484 g/mol. The van der Waals surface area contributed by atoms with Crippen LogP contribution in [0, 0.1) is 6.92 Å². The van der Waals surface area contributed by atoms with E-state index in [1.165, 1.54) is 18.2 Å². The summed E-state index contributed by atoms with van der Waals surface area (Å²) in [6.07, 6.45) is -0.409. The summed E-state index contributed by atoms with van der Waals surface area (Å²) in [4.78, 5) is 23.9. The number of hydrogen-bond donors (Lipinski definition) is 1. The van der Waals surface area contributed by atoms with Crippen molar-refractivity contribution in [1.29, 1.82) is 0 Å². The summed E-state index contributed by atoms with van der Waals surface area (Å²) in [5.74, 6) is -2.04. The molecule has 0 fully saturated rings.